The lowest BCUT2D eigenvalue weighted by atomic mass is 9.88. The lowest BCUT2D eigenvalue weighted by Gasteiger charge is -2.22. The molecule has 0 heterocycles. The van der Waals surface area contributed by atoms with Gasteiger partial charge >= 0.3 is 0 Å². The molecule has 0 spiro atoms. The Morgan fingerprint density at radius 2 is 2.06 bits per heavy atom. The fourth-order valence-corrected chi connectivity index (χ4v) is 2.29. The third-order valence-electron chi connectivity index (χ3n) is 3.42. The summed E-state index contributed by atoms with van der Waals surface area (Å²) in [5.41, 5.74) is 7.24. The number of rotatable bonds is 7. The van der Waals surface area contributed by atoms with Crippen LogP contribution < -0.4 is 5.73 Å². The second kappa shape index (κ2) is 7.44. The Balaban J connectivity index is 2.54. The second-order valence-corrected chi connectivity index (χ2v) is 4.81. The van der Waals surface area contributed by atoms with Crippen LogP contribution in [0.15, 0.2) is 24.3 Å². The first-order valence-electron chi connectivity index (χ1n) is 6.67. The number of nitrogens with two attached hydrogens (primary N) is 1. The third kappa shape index (κ3) is 4.86. The molecule has 0 aromatic heterocycles. The van der Waals surface area contributed by atoms with Crippen molar-refractivity contribution in [1.29, 1.82) is 0 Å². The molecule has 1 rings (SSSR count). The van der Waals surface area contributed by atoms with Crippen molar-refractivity contribution in [2.45, 2.75) is 52.0 Å². The van der Waals surface area contributed by atoms with E-state index in [-0.39, 0.29) is 11.9 Å². The predicted octanol–water partition coefficient (Wildman–Crippen LogP) is 3.91. The van der Waals surface area contributed by atoms with E-state index >= 15 is 0 Å². The molecule has 0 fully saturated rings. The van der Waals surface area contributed by atoms with Crippen molar-refractivity contribution in [3.8, 4) is 0 Å². The summed E-state index contributed by atoms with van der Waals surface area (Å²) in [4.78, 5) is 0. The van der Waals surface area contributed by atoms with Gasteiger partial charge in [0.15, 0.2) is 0 Å². The van der Waals surface area contributed by atoms with Gasteiger partial charge in [0.2, 0.25) is 0 Å². The number of hydrogen-bond acceptors (Lipinski definition) is 1. The average molecular weight is 237 g/mol. The first kappa shape index (κ1) is 14.2. The average Bonchev–Trinajstić information content (AvgIpc) is 2.30. The summed E-state index contributed by atoms with van der Waals surface area (Å²) in [6.07, 6.45) is 5.51. The molecule has 17 heavy (non-hydrogen) atoms. The van der Waals surface area contributed by atoms with Crippen molar-refractivity contribution in [3.05, 3.63) is 35.6 Å². The summed E-state index contributed by atoms with van der Waals surface area (Å²) in [7, 11) is 0. The molecule has 0 aliphatic carbocycles. The van der Waals surface area contributed by atoms with E-state index < -0.39 is 0 Å². The summed E-state index contributed by atoms with van der Waals surface area (Å²) in [6, 6.07) is 6.92. The lowest BCUT2D eigenvalue weighted by Crippen LogP contribution is -2.32. The first-order valence-corrected chi connectivity index (χ1v) is 6.67. The lowest BCUT2D eigenvalue weighted by molar-refractivity contribution is 0.368. The summed E-state index contributed by atoms with van der Waals surface area (Å²) in [5.74, 6) is 0.384. The van der Waals surface area contributed by atoms with Crippen molar-refractivity contribution >= 4 is 0 Å². The molecule has 2 heteroatoms. The Hall–Kier alpha value is -0.890. The van der Waals surface area contributed by atoms with Crippen LogP contribution in [0.3, 0.4) is 0 Å². The molecule has 96 valence electrons. The van der Waals surface area contributed by atoms with Gasteiger partial charge in [0.05, 0.1) is 0 Å². The number of unbranched alkanes of at least 4 members (excludes halogenated alkanes) is 1. The maximum atomic E-state index is 13.1. The molecule has 0 aliphatic heterocycles. The number of hydrogen-bond donors (Lipinski definition) is 1. The Kier molecular flexibility index (Phi) is 6.20. The van der Waals surface area contributed by atoms with Crippen LogP contribution in [0, 0.1) is 11.7 Å². The van der Waals surface area contributed by atoms with Crippen molar-refractivity contribution in [2.24, 2.45) is 11.7 Å². The third-order valence-corrected chi connectivity index (χ3v) is 3.42. The van der Waals surface area contributed by atoms with Gasteiger partial charge in [0.25, 0.3) is 0 Å². The normalized spacial score (nSPS) is 14.6. The van der Waals surface area contributed by atoms with E-state index in [9.17, 15) is 4.39 Å². The van der Waals surface area contributed by atoms with Crippen LogP contribution in [0.5, 0.6) is 0 Å². The fraction of sp³-hybridized carbons (Fsp3) is 0.600. The highest BCUT2D eigenvalue weighted by atomic mass is 19.1. The van der Waals surface area contributed by atoms with Crippen LogP contribution in [-0.2, 0) is 6.42 Å². The largest absolute Gasteiger partial charge is 0.327 e. The molecule has 0 bridgehead atoms. The van der Waals surface area contributed by atoms with Gasteiger partial charge in [0, 0.05) is 6.04 Å². The molecule has 2 unspecified atom stereocenters. The van der Waals surface area contributed by atoms with Gasteiger partial charge < -0.3 is 5.73 Å². The van der Waals surface area contributed by atoms with Crippen molar-refractivity contribution < 1.29 is 4.39 Å². The molecule has 0 saturated heterocycles. The number of halogens is 1. The van der Waals surface area contributed by atoms with Gasteiger partial charge in [-0.05, 0) is 36.5 Å². The van der Waals surface area contributed by atoms with Crippen molar-refractivity contribution in [3.63, 3.8) is 0 Å². The summed E-state index contributed by atoms with van der Waals surface area (Å²) < 4.78 is 13.1. The van der Waals surface area contributed by atoms with Crippen molar-refractivity contribution in [1.82, 2.24) is 0 Å². The second-order valence-electron chi connectivity index (χ2n) is 4.81. The monoisotopic (exact) mass is 237 g/mol. The minimum atomic E-state index is -0.170. The molecule has 0 amide bonds. The summed E-state index contributed by atoms with van der Waals surface area (Å²) in [5, 5.41) is 0. The molecule has 0 aliphatic rings. The van der Waals surface area contributed by atoms with Crippen LogP contribution in [-0.4, -0.2) is 6.04 Å². The molecular weight excluding hydrogens is 213 g/mol. The van der Waals surface area contributed by atoms with Crippen LogP contribution in [0.4, 0.5) is 4.39 Å². The van der Waals surface area contributed by atoms with E-state index in [1.54, 1.807) is 12.1 Å². The minimum absolute atomic E-state index is 0.147. The van der Waals surface area contributed by atoms with Crippen LogP contribution >= 0.6 is 0 Å². The van der Waals surface area contributed by atoms with Gasteiger partial charge in [-0.2, -0.15) is 0 Å². The van der Waals surface area contributed by atoms with E-state index in [1.807, 2.05) is 6.07 Å². The molecule has 0 radical (unpaired) electrons. The molecule has 1 aromatic carbocycles. The Morgan fingerprint density at radius 3 is 2.65 bits per heavy atom. The molecule has 0 saturated carbocycles. The highest BCUT2D eigenvalue weighted by Crippen LogP contribution is 2.19. The van der Waals surface area contributed by atoms with E-state index in [2.05, 4.69) is 13.8 Å². The molecule has 2 atom stereocenters. The van der Waals surface area contributed by atoms with Crippen molar-refractivity contribution in [2.75, 3.05) is 0 Å². The molecular formula is C15H24FN. The summed E-state index contributed by atoms with van der Waals surface area (Å²) >= 11 is 0. The topological polar surface area (TPSA) is 26.0 Å². The quantitative estimate of drug-likeness (QED) is 0.764. The molecule has 2 N–H and O–H groups in total. The first-order chi connectivity index (χ1) is 8.17. The molecule has 1 nitrogen and oxygen atoms in total. The van der Waals surface area contributed by atoms with Gasteiger partial charge in [-0.15, -0.1) is 0 Å². The highest BCUT2D eigenvalue weighted by Gasteiger charge is 2.15. The highest BCUT2D eigenvalue weighted by molar-refractivity contribution is 5.17. The van der Waals surface area contributed by atoms with Gasteiger partial charge in [-0.3, -0.25) is 0 Å². The fourth-order valence-electron chi connectivity index (χ4n) is 2.29. The van der Waals surface area contributed by atoms with Crippen LogP contribution in [0.25, 0.3) is 0 Å². The Bertz CT molecular complexity index is 324. The van der Waals surface area contributed by atoms with Gasteiger partial charge in [-0.25, -0.2) is 4.39 Å². The minimum Gasteiger partial charge on any atom is -0.327 e. The molecule has 1 aromatic rings. The standard InChI is InChI=1S/C15H24FN/c1-3-5-8-13(4-2)15(17)11-12-7-6-9-14(16)10-12/h6-7,9-10,13,15H,3-5,8,11,17H2,1-2H3. The zero-order valence-corrected chi connectivity index (χ0v) is 11.0. The van der Waals surface area contributed by atoms with Crippen LogP contribution in [0.2, 0.25) is 0 Å². The number of benzene rings is 1. The van der Waals surface area contributed by atoms with Crippen LogP contribution in [0.1, 0.15) is 45.1 Å². The van der Waals surface area contributed by atoms with Gasteiger partial charge in [0.1, 0.15) is 5.82 Å². The van der Waals surface area contributed by atoms with E-state index in [0.717, 1.165) is 18.4 Å². The zero-order valence-electron chi connectivity index (χ0n) is 11.0. The maximum Gasteiger partial charge on any atom is 0.123 e. The van der Waals surface area contributed by atoms with Gasteiger partial charge in [-0.1, -0.05) is 45.2 Å². The smallest absolute Gasteiger partial charge is 0.123 e. The Labute approximate surface area is 104 Å². The Morgan fingerprint density at radius 1 is 1.29 bits per heavy atom. The zero-order chi connectivity index (χ0) is 12.7. The SMILES string of the molecule is CCCCC(CC)C(N)Cc1cccc(F)c1. The van der Waals surface area contributed by atoms with E-state index in [4.69, 9.17) is 5.73 Å². The van der Waals surface area contributed by atoms with E-state index in [1.165, 1.54) is 25.3 Å². The predicted molar refractivity (Wildman–Crippen MR) is 71.4 cm³/mol. The maximum absolute atomic E-state index is 13.1. The summed E-state index contributed by atoms with van der Waals surface area (Å²) in [6.45, 7) is 4.39. The van der Waals surface area contributed by atoms with E-state index in [0.29, 0.717) is 5.92 Å².